The van der Waals surface area contributed by atoms with E-state index in [0.29, 0.717) is 16.2 Å². The number of carbonyl (C=O) groups is 1. The van der Waals surface area contributed by atoms with Crippen molar-refractivity contribution in [3.63, 3.8) is 0 Å². The van der Waals surface area contributed by atoms with E-state index in [1.54, 1.807) is 39.2 Å². The molecule has 1 N–H and O–H groups in total. The lowest BCUT2D eigenvalue weighted by atomic mass is 9.71. The van der Waals surface area contributed by atoms with Crippen molar-refractivity contribution in [1.29, 1.82) is 10.5 Å². The van der Waals surface area contributed by atoms with E-state index in [1.165, 1.54) is 17.2 Å². The molecular formula is C28H25ClN4O3. The average molecular weight is 501 g/mol. The minimum absolute atomic E-state index is 0.120. The lowest BCUT2D eigenvalue weighted by Crippen LogP contribution is -2.54. The molecule has 1 aliphatic heterocycles. The van der Waals surface area contributed by atoms with E-state index in [-0.39, 0.29) is 22.9 Å². The second-order valence-corrected chi connectivity index (χ2v) is 9.51. The predicted octanol–water partition coefficient (Wildman–Crippen LogP) is 4.28. The highest BCUT2D eigenvalue weighted by atomic mass is 35.5. The van der Waals surface area contributed by atoms with Crippen molar-refractivity contribution in [2.75, 3.05) is 14.1 Å². The van der Waals surface area contributed by atoms with Crippen molar-refractivity contribution >= 4 is 17.5 Å². The van der Waals surface area contributed by atoms with Gasteiger partial charge < -0.3 is 14.7 Å². The summed E-state index contributed by atoms with van der Waals surface area (Å²) in [5.41, 5.74) is -2.25. The maximum absolute atomic E-state index is 13.6. The van der Waals surface area contributed by atoms with Gasteiger partial charge in [-0.15, -0.1) is 0 Å². The number of hydrogen-bond acceptors (Lipinski definition) is 6. The topological polar surface area (TPSA) is 110 Å². The Balaban J connectivity index is 2.08. The quantitative estimate of drug-likeness (QED) is 0.484. The molecule has 1 fully saturated rings. The fourth-order valence-electron chi connectivity index (χ4n) is 5.48. The third-order valence-electron chi connectivity index (χ3n) is 7.03. The molecule has 2 aromatic rings. The summed E-state index contributed by atoms with van der Waals surface area (Å²) in [4.78, 5) is 19.4. The highest BCUT2D eigenvalue weighted by Crippen LogP contribution is 2.68. The van der Waals surface area contributed by atoms with Crippen LogP contribution in [0.4, 0.5) is 0 Å². The van der Waals surface area contributed by atoms with E-state index >= 15 is 0 Å². The van der Waals surface area contributed by atoms with E-state index in [9.17, 15) is 20.4 Å². The van der Waals surface area contributed by atoms with Gasteiger partial charge >= 0.3 is 0 Å². The fourth-order valence-corrected chi connectivity index (χ4v) is 5.63. The van der Waals surface area contributed by atoms with Crippen LogP contribution in [0.3, 0.4) is 0 Å². The molecule has 5 atom stereocenters. The van der Waals surface area contributed by atoms with Crippen LogP contribution in [0.15, 0.2) is 78.5 Å². The van der Waals surface area contributed by atoms with E-state index < -0.39 is 29.0 Å². The molecule has 8 heteroatoms. The van der Waals surface area contributed by atoms with Crippen molar-refractivity contribution in [1.82, 2.24) is 9.88 Å². The Morgan fingerprint density at radius 3 is 2.56 bits per heavy atom. The van der Waals surface area contributed by atoms with Crippen LogP contribution >= 0.6 is 11.6 Å². The van der Waals surface area contributed by atoms with Crippen LogP contribution in [0.5, 0.6) is 5.75 Å². The molecule has 36 heavy (non-hydrogen) atoms. The van der Waals surface area contributed by atoms with Crippen molar-refractivity contribution in [2.45, 2.75) is 24.0 Å². The number of amides is 1. The van der Waals surface area contributed by atoms with Crippen LogP contribution < -0.4 is 4.74 Å². The number of nitriles is 2. The summed E-state index contributed by atoms with van der Waals surface area (Å²) in [6.07, 6.45) is 6.16. The Labute approximate surface area is 215 Å². The molecule has 0 radical (unpaired) electrons. The monoisotopic (exact) mass is 500 g/mol. The number of rotatable bonds is 5. The zero-order chi connectivity index (χ0) is 26.3. The number of fused-ring (bicyclic) bond motifs is 3. The summed E-state index contributed by atoms with van der Waals surface area (Å²) in [5.74, 6) is -3.15. The lowest BCUT2D eigenvalue weighted by molar-refractivity contribution is -0.135. The number of allylic oxidation sites excluding steroid dienone is 3. The van der Waals surface area contributed by atoms with Crippen molar-refractivity contribution in [3.8, 4) is 17.9 Å². The molecule has 2 heterocycles. The molecule has 0 unspecified atom stereocenters. The second kappa shape index (κ2) is 9.28. The van der Waals surface area contributed by atoms with Gasteiger partial charge in [-0.05, 0) is 24.1 Å². The number of halogens is 1. The zero-order valence-electron chi connectivity index (χ0n) is 20.1. The van der Waals surface area contributed by atoms with Gasteiger partial charge in [-0.2, -0.15) is 10.5 Å². The van der Waals surface area contributed by atoms with E-state index in [1.807, 2.05) is 30.3 Å². The number of aromatic nitrogens is 1. The van der Waals surface area contributed by atoms with Crippen LogP contribution in [0.2, 0.25) is 5.02 Å². The molecular weight excluding hydrogens is 476 g/mol. The molecule has 1 aromatic heterocycles. The zero-order valence-corrected chi connectivity index (χ0v) is 20.9. The summed E-state index contributed by atoms with van der Waals surface area (Å²) >= 11 is 6.21. The first kappa shape index (κ1) is 25.2. The third kappa shape index (κ3) is 3.44. The smallest absolute Gasteiger partial charge is 0.227 e. The number of benzene rings is 1. The van der Waals surface area contributed by atoms with Gasteiger partial charge in [-0.3, -0.25) is 9.78 Å². The van der Waals surface area contributed by atoms with Gasteiger partial charge in [0, 0.05) is 37.8 Å². The van der Waals surface area contributed by atoms with E-state index in [2.05, 4.69) is 23.7 Å². The van der Waals surface area contributed by atoms with Crippen LogP contribution in [0.1, 0.15) is 24.1 Å². The minimum atomic E-state index is -2.04. The van der Waals surface area contributed by atoms with Crippen LogP contribution in [-0.4, -0.2) is 40.6 Å². The summed E-state index contributed by atoms with van der Waals surface area (Å²) in [7, 11) is 3.22. The molecule has 2 aliphatic rings. The molecule has 0 saturated heterocycles. The maximum atomic E-state index is 13.6. The van der Waals surface area contributed by atoms with Crippen molar-refractivity contribution in [3.05, 3.63) is 94.8 Å². The normalized spacial score (nSPS) is 28.5. The van der Waals surface area contributed by atoms with Crippen LogP contribution in [-0.2, 0) is 10.4 Å². The standard InChI is InChI=1S/C28H25ClN4O3/c1-5-18(14-30)12-11-17(2)28-24(19-9-7-6-8-10-19)23(26(34)33(3)4)21(15-31)27(28,35)25-22(36-28)13-20(29)16-32-25/h5-13,16,21,23-24,35H,2H2,1,3-4H3/b12-11-,18-5+/t21-,23-,24+,27+,28-/m0/s1. The molecule has 1 saturated carbocycles. The van der Waals surface area contributed by atoms with Crippen molar-refractivity contribution in [2.24, 2.45) is 11.8 Å². The molecule has 0 spiro atoms. The van der Waals surface area contributed by atoms with Crippen molar-refractivity contribution < 1.29 is 14.6 Å². The van der Waals surface area contributed by atoms with Gasteiger partial charge in [0.2, 0.25) is 5.91 Å². The van der Waals surface area contributed by atoms with Gasteiger partial charge in [0.1, 0.15) is 11.4 Å². The molecule has 0 bridgehead atoms. The molecule has 1 aliphatic carbocycles. The summed E-state index contributed by atoms with van der Waals surface area (Å²) in [6, 6.07) is 15.0. The number of ether oxygens (including phenoxy) is 1. The Bertz CT molecular complexity index is 1370. The molecule has 7 nitrogen and oxygen atoms in total. The second-order valence-electron chi connectivity index (χ2n) is 9.07. The third-order valence-corrected chi connectivity index (χ3v) is 7.24. The first-order valence-corrected chi connectivity index (χ1v) is 11.7. The van der Waals surface area contributed by atoms with Gasteiger partial charge in [-0.1, -0.05) is 60.7 Å². The van der Waals surface area contributed by atoms with E-state index in [0.717, 1.165) is 0 Å². The first-order valence-electron chi connectivity index (χ1n) is 11.3. The maximum Gasteiger partial charge on any atom is 0.227 e. The Kier molecular flexibility index (Phi) is 6.49. The number of aliphatic hydroxyl groups is 1. The van der Waals surface area contributed by atoms with Gasteiger partial charge in [0.05, 0.1) is 29.0 Å². The Morgan fingerprint density at radius 1 is 1.28 bits per heavy atom. The van der Waals surface area contributed by atoms with Gasteiger partial charge in [-0.25, -0.2) is 0 Å². The van der Waals surface area contributed by atoms with Crippen LogP contribution in [0, 0.1) is 34.5 Å². The molecule has 1 amide bonds. The highest BCUT2D eigenvalue weighted by Gasteiger charge is 2.78. The predicted molar refractivity (Wildman–Crippen MR) is 135 cm³/mol. The van der Waals surface area contributed by atoms with E-state index in [4.69, 9.17) is 16.3 Å². The fraction of sp³-hybridized carbons (Fsp3) is 0.286. The summed E-state index contributed by atoms with van der Waals surface area (Å²) in [5, 5.41) is 32.7. The van der Waals surface area contributed by atoms with Gasteiger partial charge in [0.25, 0.3) is 0 Å². The summed E-state index contributed by atoms with van der Waals surface area (Å²) < 4.78 is 6.55. The van der Waals surface area contributed by atoms with Crippen LogP contribution in [0.25, 0.3) is 0 Å². The minimum Gasteiger partial charge on any atom is -0.476 e. The van der Waals surface area contributed by atoms with Gasteiger partial charge in [0.15, 0.2) is 11.2 Å². The molecule has 182 valence electrons. The average Bonchev–Trinajstić information content (AvgIpc) is 3.25. The number of nitrogens with zero attached hydrogens (tertiary/aromatic N) is 4. The highest BCUT2D eigenvalue weighted by molar-refractivity contribution is 6.30. The molecule has 4 rings (SSSR count). The number of carbonyl (C=O) groups excluding carboxylic acids is 1. The lowest BCUT2D eigenvalue weighted by Gasteiger charge is -2.40. The largest absolute Gasteiger partial charge is 0.476 e. The first-order chi connectivity index (χ1) is 17.2. The molecule has 1 aromatic carbocycles. The number of pyridine rings is 1. The Morgan fingerprint density at radius 2 is 1.97 bits per heavy atom. The number of hydrogen-bond donors (Lipinski definition) is 1. The SMILES string of the molecule is C=C(/C=C\C(C#N)=C/C)[C@@]12Oc3cc(Cl)cnc3[C@]1(O)[C@@H](C#N)[C@H](C(=O)N(C)C)[C@H]2c1ccccc1. The Hall–Kier alpha value is -3.91. The summed E-state index contributed by atoms with van der Waals surface area (Å²) in [6.45, 7) is 5.97.